The molecule has 0 spiro atoms. The Hall–Kier alpha value is -2.37. The molecule has 2 heterocycles. The zero-order valence-electron chi connectivity index (χ0n) is 11.3. The highest BCUT2D eigenvalue weighted by molar-refractivity contribution is 5.93. The zero-order valence-corrected chi connectivity index (χ0v) is 11.3. The van der Waals surface area contributed by atoms with Gasteiger partial charge in [0.15, 0.2) is 0 Å². The van der Waals surface area contributed by atoms with E-state index in [0.29, 0.717) is 12.2 Å². The van der Waals surface area contributed by atoms with Gasteiger partial charge in [0.1, 0.15) is 5.69 Å². The van der Waals surface area contributed by atoms with Crippen LogP contribution in [0, 0.1) is 13.8 Å². The number of H-pyrrole nitrogens is 1. The molecule has 0 aliphatic heterocycles. The average molecular weight is 259 g/mol. The Labute approximate surface area is 111 Å². The Bertz CT molecular complexity index is 623. The van der Waals surface area contributed by atoms with Crippen molar-refractivity contribution in [1.82, 2.24) is 25.3 Å². The van der Waals surface area contributed by atoms with Gasteiger partial charge in [0.05, 0.1) is 11.4 Å². The maximum absolute atomic E-state index is 11.8. The maximum Gasteiger partial charge on any atom is 0.269 e. The molecule has 0 saturated carbocycles. The monoisotopic (exact) mass is 259 g/mol. The van der Waals surface area contributed by atoms with Crippen LogP contribution in [0.25, 0.3) is 11.3 Å². The first-order valence-electron chi connectivity index (χ1n) is 5.99. The van der Waals surface area contributed by atoms with Crippen molar-refractivity contribution in [2.24, 2.45) is 7.05 Å². The van der Waals surface area contributed by atoms with E-state index in [1.807, 2.05) is 20.9 Å². The second-order valence-corrected chi connectivity index (χ2v) is 4.33. The van der Waals surface area contributed by atoms with E-state index >= 15 is 0 Å². The van der Waals surface area contributed by atoms with Crippen molar-refractivity contribution < 1.29 is 4.79 Å². The molecule has 6 heteroatoms. The van der Waals surface area contributed by atoms with Crippen LogP contribution < -0.4 is 5.32 Å². The standard InChI is InChI=1S/C13H17N5O/c1-5-6-14-13(19)11-7-10(15-16-11)12-8(2)17-18(4)9(12)3/h5,7H,1,6H2,2-4H3,(H,14,19)(H,15,16). The fourth-order valence-electron chi connectivity index (χ4n) is 1.97. The number of carbonyl (C=O) groups is 1. The smallest absolute Gasteiger partial charge is 0.269 e. The molecule has 0 saturated heterocycles. The Balaban J connectivity index is 2.30. The van der Waals surface area contributed by atoms with Gasteiger partial charge in [-0.05, 0) is 19.9 Å². The summed E-state index contributed by atoms with van der Waals surface area (Å²) in [4.78, 5) is 11.8. The summed E-state index contributed by atoms with van der Waals surface area (Å²) in [5, 5.41) is 14.0. The zero-order chi connectivity index (χ0) is 14.0. The highest BCUT2D eigenvalue weighted by atomic mass is 16.1. The number of hydrogen-bond acceptors (Lipinski definition) is 3. The summed E-state index contributed by atoms with van der Waals surface area (Å²) >= 11 is 0. The van der Waals surface area contributed by atoms with Crippen LogP contribution in [0.5, 0.6) is 0 Å². The molecule has 0 atom stereocenters. The minimum atomic E-state index is -0.196. The molecule has 2 rings (SSSR count). The third-order valence-electron chi connectivity index (χ3n) is 2.99. The lowest BCUT2D eigenvalue weighted by molar-refractivity contribution is 0.0953. The molecule has 0 bridgehead atoms. The van der Waals surface area contributed by atoms with Gasteiger partial charge in [0.2, 0.25) is 0 Å². The van der Waals surface area contributed by atoms with Crippen LogP contribution in [0.3, 0.4) is 0 Å². The number of amides is 1. The summed E-state index contributed by atoms with van der Waals surface area (Å²) in [6.45, 7) is 7.88. The van der Waals surface area contributed by atoms with Gasteiger partial charge in [0.25, 0.3) is 5.91 Å². The van der Waals surface area contributed by atoms with Crippen molar-refractivity contribution in [3.63, 3.8) is 0 Å². The van der Waals surface area contributed by atoms with Crippen LogP contribution in [-0.4, -0.2) is 32.4 Å². The molecular formula is C13H17N5O. The molecule has 2 aromatic rings. The number of nitrogens with one attached hydrogen (secondary N) is 2. The average Bonchev–Trinajstić information content (AvgIpc) is 2.93. The number of carbonyl (C=O) groups excluding carboxylic acids is 1. The number of hydrogen-bond donors (Lipinski definition) is 2. The molecule has 1 amide bonds. The molecule has 2 aromatic heterocycles. The van der Waals surface area contributed by atoms with Crippen molar-refractivity contribution in [2.45, 2.75) is 13.8 Å². The Kier molecular flexibility index (Phi) is 3.50. The van der Waals surface area contributed by atoms with E-state index in [9.17, 15) is 4.79 Å². The summed E-state index contributed by atoms with van der Waals surface area (Å²) in [7, 11) is 1.89. The topological polar surface area (TPSA) is 75.6 Å². The van der Waals surface area contributed by atoms with E-state index in [1.165, 1.54) is 0 Å². The van der Waals surface area contributed by atoms with Crippen molar-refractivity contribution in [3.8, 4) is 11.3 Å². The van der Waals surface area contributed by atoms with E-state index in [4.69, 9.17) is 0 Å². The lowest BCUT2D eigenvalue weighted by Gasteiger charge is -1.97. The Morgan fingerprint density at radius 1 is 1.58 bits per heavy atom. The Morgan fingerprint density at radius 3 is 2.89 bits per heavy atom. The summed E-state index contributed by atoms with van der Waals surface area (Å²) in [6.07, 6.45) is 1.63. The van der Waals surface area contributed by atoms with Crippen molar-refractivity contribution >= 4 is 5.91 Å². The van der Waals surface area contributed by atoms with Gasteiger partial charge < -0.3 is 5.32 Å². The summed E-state index contributed by atoms with van der Waals surface area (Å²) in [6, 6.07) is 1.73. The fraction of sp³-hybridized carbons (Fsp3) is 0.308. The highest BCUT2D eigenvalue weighted by Gasteiger charge is 2.16. The van der Waals surface area contributed by atoms with Crippen molar-refractivity contribution in [1.29, 1.82) is 0 Å². The van der Waals surface area contributed by atoms with E-state index in [1.54, 1.807) is 16.8 Å². The number of nitrogens with zero attached hydrogens (tertiary/aromatic N) is 3. The van der Waals surface area contributed by atoms with E-state index in [-0.39, 0.29) is 5.91 Å². The van der Waals surface area contributed by atoms with Gasteiger partial charge in [-0.15, -0.1) is 6.58 Å². The predicted molar refractivity (Wildman–Crippen MR) is 72.8 cm³/mol. The minimum absolute atomic E-state index is 0.196. The maximum atomic E-state index is 11.8. The van der Waals surface area contributed by atoms with Crippen LogP contribution in [0.2, 0.25) is 0 Å². The SMILES string of the molecule is C=CCNC(=O)c1cc(-c2c(C)nn(C)c2C)n[nH]1. The number of aromatic nitrogens is 4. The first-order chi connectivity index (χ1) is 9.04. The molecule has 0 aromatic carbocycles. The minimum Gasteiger partial charge on any atom is -0.347 e. The normalized spacial score (nSPS) is 10.5. The van der Waals surface area contributed by atoms with Gasteiger partial charge in [-0.2, -0.15) is 10.2 Å². The van der Waals surface area contributed by atoms with Crippen LogP contribution in [-0.2, 0) is 7.05 Å². The second-order valence-electron chi connectivity index (χ2n) is 4.33. The first-order valence-corrected chi connectivity index (χ1v) is 5.99. The Morgan fingerprint density at radius 2 is 2.32 bits per heavy atom. The fourth-order valence-corrected chi connectivity index (χ4v) is 1.97. The molecule has 19 heavy (non-hydrogen) atoms. The van der Waals surface area contributed by atoms with Gasteiger partial charge in [-0.3, -0.25) is 14.6 Å². The van der Waals surface area contributed by atoms with Crippen molar-refractivity contribution in [2.75, 3.05) is 6.54 Å². The van der Waals surface area contributed by atoms with Crippen LogP contribution in [0.15, 0.2) is 18.7 Å². The van der Waals surface area contributed by atoms with E-state index in [0.717, 1.165) is 22.6 Å². The molecular weight excluding hydrogens is 242 g/mol. The number of aryl methyl sites for hydroxylation is 2. The van der Waals surface area contributed by atoms with Gasteiger partial charge in [-0.25, -0.2) is 0 Å². The third-order valence-corrected chi connectivity index (χ3v) is 2.99. The molecule has 0 fully saturated rings. The number of aromatic amines is 1. The van der Waals surface area contributed by atoms with Gasteiger partial charge in [0, 0.05) is 24.8 Å². The molecule has 0 unspecified atom stereocenters. The summed E-state index contributed by atoms with van der Waals surface area (Å²) < 4.78 is 1.80. The largest absolute Gasteiger partial charge is 0.347 e. The predicted octanol–water partition coefficient (Wildman–Crippen LogP) is 1.34. The van der Waals surface area contributed by atoms with Crippen LogP contribution in [0.4, 0.5) is 0 Å². The molecule has 0 aliphatic rings. The third kappa shape index (κ3) is 2.42. The van der Waals surface area contributed by atoms with E-state index in [2.05, 4.69) is 27.2 Å². The van der Waals surface area contributed by atoms with Crippen molar-refractivity contribution in [3.05, 3.63) is 35.8 Å². The van der Waals surface area contributed by atoms with Gasteiger partial charge >= 0.3 is 0 Å². The molecule has 0 radical (unpaired) electrons. The van der Waals surface area contributed by atoms with Gasteiger partial charge in [-0.1, -0.05) is 6.08 Å². The lowest BCUT2D eigenvalue weighted by Crippen LogP contribution is -2.23. The summed E-state index contributed by atoms with van der Waals surface area (Å²) in [5.74, 6) is -0.196. The van der Waals surface area contributed by atoms with Crippen LogP contribution >= 0.6 is 0 Å². The number of rotatable bonds is 4. The summed E-state index contributed by atoms with van der Waals surface area (Å²) in [5.41, 5.74) is 4.03. The lowest BCUT2D eigenvalue weighted by atomic mass is 10.1. The van der Waals surface area contributed by atoms with E-state index < -0.39 is 0 Å². The molecule has 0 aliphatic carbocycles. The molecule has 2 N–H and O–H groups in total. The van der Waals surface area contributed by atoms with Crippen LogP contribution in [0.1, 0.15) is 21.9 Å². The highest BCUT2D eigenvalue weighted by Crippen LogP contribution is 2.24. The quantitative estimate of drug-likeness (QED) is 0.814. The first kappa shape index (κ1) is 13.1. The molecule has 6 nitrogen and oxygen atoms in total. The second kappa shape index (κ2) is 5.09. The molecule has 100 valence electrons.